The number of benzene rings is 1. The number of aromatic nitrogens is 1. The Morgan fingerprint density at radius 2 is 2.22 bits per heavy atom. The van der Waals surface area contributed by atoms with Crippen molar-refractivity contribution in [1.82, 2.24) is 4.57 Å². The van der Waals surface area contributed by atoms with Crippen LogP contribution in [0.15, 0.2) is 24.4 Å². The second-order valence-electron chi connectivity index (χ2n) is 4.41. The van der Waals surface area contributed by atoms with E-state index in [0.717, 1.165) is 23.0 Å². The average molecular weight is 246 g/mol. The summed E-state index contributed by atoms with van der Waals surface area (Å²) in [5.41, 5.74) is 8.93. The summed E-state index contributed by atoms with van der Waals surface area (Å²) in [6, 6.07) is 6.22. The lowest BCUT2D eigenvalue weighted by Gasteiger charge is -2.02. The fourth-order valence-electron chi connectivity index (χ4n) is 2.17. The number of methoxy groups -OCH3 is 1. The van der Waals surface area contributed by atoms with Crippen LogP contribution < -0.4 is 5.73 Å². The number of carbonyl (C=O) groups excluding carboxylic acids is 1. The Kier molecular flexibility index (Phi) is 3.67. The van der Waals surface area contributed by atoms with Crippen molar-refractivity contribution >= 4 is 16.9 Å². The molecule has 1 heterocycles. The van der Waals surface area contributed by atoms with Crippen molar-refractivity contribution in [3.8, 4) is 0 Å². The highest BCUT2D eigenvalue weighted by atomic mass is 16.5. The molecule has 0 atom stereocenters. The maximum absolute atomic E-state index is 11.4. The summed E-state index contributed by atoms with van der Waals surface area (Å²) >= 11 is 0. The van der Waals surface area contributed by atoms with Crippen LogP contribution in [0.2, 0.25) is 0 Å². The maximum Gasteiger partial charge on any atom is 0.310 e. The fraction of sp³-hybridized carbons (Fsp3) is 0.357. The van der Waals surface area contributed by atoms with E-state index in [4.69, 9.17) is 10.5 Å². The smallest absolute Gasteiger partial charge is 0.310 e. The van der Waals surface area contributed by atoms with Crippen LogP contribution in [0.25, 0.3) is 10.9 Å². The van der Waals surface area contributed by atoms with Gasteiger partial charge in [-0.3, -0.25) is 4.79 Å². The standard InChI is InChI=1S/C14H18N2O2/c1-10-3-4-12-11(8-14(17)18-2)9-16(6-5-15)13(12)7-10/h3-4,7,9H,5-6,8,15H2,1-2H3. The first kappa shape index (κ1) is 12.6. The van der Waals surface area contributed by atoms with Crippen molar-refractivity contribution in [3.05, 3.63) is 35.5 Å². The van der Waals surface area contributed by atoms with E-state index in [0.29, 0.717) is 13.0 Å². The zero-order chi connectivity index (χ0) is 13.1. The minimum absolute atomic E-state index is 0.220. The third kappa shape index (κ3) is 2.38. The Labute approximate surface area is 106 Å². The molecule has 0 bridgehead atoms. The molecule has 4 heteroatoms. The lowest BCUT2D eigenvalue weighted by Crippen LogP contribution is -2.09. The van der Waals surface area contributed by atoms with Gasteiger partial charge in [0.1, 0.15) is 0 Å². The van der Waals surface area contributed by atoms with E-state index in [-0.39, 0.29) is 5.97 Å². The van der Waals surface area contributed by atoms with Gasteiger partial charge >= 0.3 is 5.97 Å². The normalized spacial score (nSPS) is 10.8. The monoisotopic (exact) mass is 246 g/mol. The highest BCUT2D eigenvalue weighted by Gasteiger charge is 2.11. The van der Waals surface area contributed by atoms with Gasteiger partial charge in [-0.05, 0) is 24.1 Å². The number of aryl methyl sites for hydroxylation is 1. The van der Waals surface area contributed by atoms with Gasteiger partial charge in [-0.1, -0.05) is 12.1 Å². The predicted octanol–water partition coefficient (Wildman–Crippen LogP) is 1.62. The summed E-state index contributed by atoms with van der Waals surface area (Å²) in [6.45, 7) is 3.38. The van der Waals surface area contributed by atoms with Crippen molar-refractivity contribution in [2.45, 2.75) is 19.9 Å². The van der Waals surface area contributed by atoms with E-state index in [1.807, 2.05) is 6.20 Å². The number of hydrogen-bond donors (Lipinski definition) is 1. The van der Waals surface area contributed by atoms with E-state index in [9.17, 15) is 4.79 Å². The predicted molar refractivity (Wildman–Crippen MR) is 71.4 cm³/mol. The van der Waals surface area contributed by atoms with Crippen LogP contribution in [0.5, 0.6) is 0 Å². The summed E-state index contributed by atoms with van der Waals surface area (Å²) in [7, 11) is 1.41. The highest BCUT2D eigenvalue weighted by molar-refractivity contribution is 5.88. The van der Waals surface area contributed by atoms with Crippen LogP contribution in [0.3, 0.4) is 0 Å². The van der Waals surface area contributed by atoms with Crippen molar-refractivity contribution in [1.29, 1.82) is 0 Å². The molecule has 0 spiro atoms. The molecule has 2 N–H and O–H groups in total. The topological polar surface area (TPSA) is 57.2 Å². The molecule has 0 aliphatic heterocycles. The van der Waals surface area contributed by atoms with Crippen LogP contribution in [-0.2, 0) is 22.5 Å². The lowest BCUT2D eigenvalue weighted by atomic mass is 10.1. The number of ether oxygens (including phenoxy) is 1. The average Bonchev–Trinajstić information content (AvgIpc) is 2.67. The Hall–Kier alpha value is -1.81. The number of fused-ring (bicyclic) bond motifs is 1. The molecule has 0 fully saturated rings. The quantitative estimate of drug-likeness (QED) is 0.834. The zero-order valence-corrected chi connectivity index (χ0v) is 10.8. The molecule has 0 amide bonds. The van der Waals surface area contributed by atoms with Gasteiger partial charge in [-0.15, -0.1) is 0 Å². The van der Waals surface area contributed by atoms with E-state index in [1.54, 1.807) is 0 Å². The Morgan fingerprint density at radius 1 is 1.44 bits per heavy atom. The van der Waals surface area contributed by atoms with Gasteiger partial charge in [-0.25, -0.2) is 0 Å². The molecule has 2 aromatic rings. The van der Waals surface area contributed by atoms with Crippen LogP contribution in [0, 0.1) is 6.92 Å². The van der Waals surface area contributed by atoms with Crippen molar-refractivity contribution < 1.29 is 9.53 Å². The first-order valence-corrected chi connectivity index (χ1v) is 6.01. The molecule has 0 radical (unpaired) electrons. The molecular formula is C14H18N2O2. The molecular weight excluding hydrogens is 228 g/mol. The highest BCUT2D eigenvalue weighted by Crippen LogP contribution is 2.23. The van der Waals surface area contributed by atoms with E-state index >= 15 is 0 Å². The summed E-state index contributed by atoms with van der Waals surface area (Å²) in [4.78, 5) is 11.4. The fourth-order valence-corrected chi connectivity index (χ4v) is 2.17. The van der Waals surface area contributed by atoms with Gasteiger partial charge in [0.15, 0.2) is 0 Å². The number of nitrogens with zero attached hydrogens (tertiary/aromatic N) is 1. The number of rotatable bonds is 4. The molecule has 4 nitrogen and oxygen atoms in total. The summed E-state index contributed by atoms with van der Waals surface area (Å²) in [6.07, 6.45) is 2.29. The van der Waals surface area contributed by atoms with Crippen LogP contribution in [-0.4, -0.2) is 24.2 Å². The molecule has 0 aliphatic rings. The first-order valence-electron chi connectivity index (χ1n) is 6.01. The third-order valence-corrected chi connectivity index (χ3v) is 3.05. The van der Waals surface area contributed by atoms with Gasteiger partial charge in [0.05, 0.1) is 13.5 Å². The summed E-state index contributed by atoms with van der Waals surface area (Å²) < 4.78 is 6.82. The number of nitrogens with two attached hydrogens (primary N) is 1. The minimum atomic E-state index is -0.220. The molecule has 96 valence electrons. The maximum atomic E-state index is 11.4. The Morgan fingerprint density at radius 3 is 2.89 bits per heavy atom. The van der Waals surface area contributed by atoms with Crippen LogP contribution >= 0.6 is 0 Å². The molecule has 0 unspecified atom stereocenters. The third-order valence-electron chi connectivity index (χ3n) is 3.05. The van der Waals surface area contributed by atoms with Crippen molar-refractivity contribution in [2.75, 3.05) is 13.7 Å². The van der Waals surface area contributed by atoms with E-state index in [1.165, 1.54) is 12.7 Å². The number of hydrogen-bond acceptors (Lipinski definition) is 3. The van der Waals surface area contributed by atoms with Crippen LogP contribution in [0.4, 0.5) is 0 Å². The number of carbonyl (C=O) groups is 1. The Balaban J connectivity index is 2.50. The van der Waals surface area contributed by atoms with E-state index in [2.05, 4.69) is 29.7 Å². The SMILES string of the molecule is COC(=O)Cc1cn(CCN)c2cc(C)ccc12. The first-order chi connectivity index (χ1) is 8.65. The van der Waals surface area contributed by atoms with Gasteiger partial charge in [0.25, 0.3) is 0 Å². The second-order valence-corrected chi connectivity index (χ2v) is 4.41. The second kappa shape index (κ2) is 5.23. The minimum Gasteiger partial charge on any atom is -0.469 e. The van der Waals surface area contributed by atoms with Crippen molar-refractivity contribution in [2.24, 2.45) is 5.73 Å². The largest absolute Gasteiger partial charge is 0.469 e. The molecule has 18 heavy (non-hydrogen) atoms. The van der Waals surface area contributed by atoms with Gasteiger partial charge in [0, 0.05) is 30.2 Å². The zero-order valence-electron chi connectivity index (χ0n) is 10.8. The van der Waals surface area contributed by atoms with Gasteiger partial charge in [0.2, 0.25) is 0 Å². The molecule has 0 saturated carbocycles. The lowest BCUT2D eigenvalue weighted by molar-refractivity contribution is -0.139. The van der Waals surface area contributed by atoms with Gasteiger partial charge < -0.3 is 15.0 Å². The van der Waals surface area contributed by atoms with Crippen molar-refractivity contribution in [3.63, 3.8) is 0 Å². The summed E-state index contributed by atoms with van der Waals surface area (Å²) in [5, 5.41) is 1.10. The number of esters is 1. The molecule has 0 saturated heterocycles. The molecule has 0 aliphatic carbocycles. The van der Waals surface area contributed by atoms with E-state index < -0.39 is 0 Å². The Bertz CT molecular complexity index is 572. The van der Waals surface area contributed by atoms with Gasteiger partial charge in [-0.2, -0.15) is 0 Å². The van der Waals surface area contributed by atoms with Crippen LogP contribution in [0.1, 0.15) is 11.1 Å². The summed E-state index contributed by atoms with van der Waals surface area (Å²) in [5.74, 6) is -0.220. The molecule has 2 rings (SSSR count). The molecule has 1 aromatic carbocycles. The molecule has 1 aromatic heterocycles.